The molecule has 0 radical (unpaired) electrons. The fourth-order valence-electron chi connectivity index (χ4n) is 1.48. The van der Waals surface area contributed by atoms with Gasteiger partial charge in [0.2, 0.25) is 0 Å². The molecule has 1 saturated heterocycles. The Morgan fingerprint density at radius 1 is 1.67 bits per heavy atom. The van der Waals surface area contributed by atoms with Gasteiger partial charge in [0.25, 0.3) is 0 Å². The second-order valence-corrected chi connectivity index (χ2v) is 3.46. The molecule has 0 bridgehead atoms. The van der Waals surface area contributed by atoms with Crippen LogP contribution in [0.4, 0.5) is 0 Å². The van der Waals surface area contributed by atoms with Crippen LogP contribution in [0.3, 0.4) is 0 Å². The fraction of sp³-hybridized carbons (Fsp3) is 0.455. The van der Waals surface area contributed by atoms with Gasteiger partial charge in [0.1, 0.15) is 11.8 Å². The molecule has 0 aromatic carbocycles. The van der Waals surface area contributed by atoms with Crippen molar-refractivity contribution in [1.29, 1.82) is 5.26 Å². The van der Waals surface area contributed by atoms with Crippen LogP contribution in [0.25, 0.3) is 0 Å². The number of hydrogen-bond acceptors (Lipinski definition) is 4. The highest BCUT2D eigenvalue weighted by Gasteiger charge is 2.15. The van der Waals surface area contributed by atoms with E-state index in [0.29, 0.717) is 18.9 Å². The van der Waals surface area contributed by atoms with Crippen molar-refractivity contribution < 1.29 is 9.47 Å². The standard InChI is InChI=1S/C11H12N2O2/c12-6-10-5-9(1-3-13-10)7-15-11-2-4-14-8-11/h1,3,5,11H,2,4,7-8H2. The highest BCUT2D eigenvalue weighted by Crippen LogP contribution is 2.11. The van der Waals surface area contributed by atoms with Crippen molar-refractivity contribution in [2.45, 2.75) is 19.1 Å². The third kappa shape index (κ3) is 2.75. The Morgan fingerprint density at radius 3 is 3.33 bits per heavy atom. The number of aromatic nitrogens is 1. The predicted molar refractivity (Wildman–Crippen MR) is 53.0 cm³/mol. The fourth-order valence-corrected chi connectivity index (χ4v) is 1.48. The Bertz CT molecular complexity index is 367. The summed E-state index contributed by atoms with van der Waals surface area (Å²) in [6.45, 7) is 1.98. The largest absolute Gasteiger partial charge is 0.379 e. The lowest BCUT2D eigenvalue weighted by Crippen LogP contribution is -2.11. The van der Waals surface area contributed by atoms with E-state index in [1.54, 1.807) is 12.3 Å². The lowest BCUT2D eigenvalue weighted by Gasteiger charge is -2.09. The number of nitrogens with zero attached hydrogens (tertiary/aromatic N) is 2. The average Bonchev–Trinajstić information content (AvgIpc) is 2.79. The molecular weight excluding hydrogens is 192 g/mol. The molecule has 4 heteroatoms. The molecule has 1 aromatic heterocycles. The molecule has 1 unspecified atom stereocenters. The first-order valence-electron chi connectivity index (χ1n) is 4.93. The van der Waals surface area contributed by atoms with Gasteiger partial charge in [0.15, 0.2) is 0 Å². The number of ether oxygens (including phenoxy) is 2. The van der Waals surface area contributed by atoms with Crippen molar-refractivity contribution in [3.63, 3.8) is 0 Å². The molecule has 1 atom stereocenters. The predicted octanol–water partition coefficient (Wildman–Crippen LogP) is 1.26. The molecule has 1 aromatic rings. The summed E-state index contributed by atoms with van der Waals surface area (Å²) in [5.41, 5.74) is 1.41. The number of nitriles is 1. The first kappa shape index (κ1) is 10.1. The number of rotatable bonds is 3. The molecule has 0 spiro atoms. The van der Waals surface area contributed by atoms with E-state index in [0.717, 1.165) is 18.6 Å². The molecule has 1 aliphatic heterocycles. The molecule has 0 saturated carbocycles. The second kappa shape index (κ2) is 4.87. The van der Waals surface area contributed by atoms with Gasteiger partial charge < -0.3 is 9.47 Å². The van der Waals surface area contributed by atoms with Crippen LogP contribution >= 0.6 is 0 Å². The number of hydrogen-bond donors (Lipinski definition) is 0. The van der Waals surface area contributed by atoms with Crippen LogP contribution in [0.5, 0.6) is 0 Å². The van der Waals surface area contributed by atoms with Crippen molar-refractivity contribution in [3.05, 3.63) is 29.6 Å². The highest BCUT2D eigenvalue weighted by molar-refractivity contribution is 5.24. The molecule has 78 valence electrons. The maximum absolute atomic E-state index is 8.67. The van der Waals surface area contributed by atoms with E-state index in [4.69, 9.17) is 14.7 Å². The van der Waals surface area contributed by atoms with Crippen molar-refractivity contribution >= 4 is 0 Å². The van der Waals surface area contributed by atoms with E-state index in [1.165, 1.54) is 0 Å². The van der Waals surface area contributed by atoms with Gasteiger partial charge in [0, 0.05) is 12.8 Å². The summed E-state index contributed by atoms with van der Waals surface area (Å²) in [5.74, 6) is 0. The minimum Gasteiger partial charge on any atom is -0.379 e. The zero-order valence-corrected chi connectivity index (χ0v) is 8.35. The van der Waals surface area contributed by atoms with Crippen molar-refractivity contribution in [1.82, 2.24) is 4.98 Å². The Morgan fingerprint density at radius 2 is 2.60 bits per heavy atom. The van der Waals surface area contributed by atoms with Crippen molar-refractivity contribution in [2.24, 2.45) is 0 Å². The molecule has 4 nitrogen and oxygen atoms in total. The highest BCUT2D eigenvalue weighted by atomic mass is 16.5. The van der Waals surface area contributed by atoms with Gasteiger partial charge in [-0.15, -0.1) is 0 Å². The Kier molecular flexibility index (Phi) is 3.28. The summed E-state index contributed by atoms with van der Waals surface area (Å²) in [7, 11) is 0. The molecule has 0 amide bonds. The average molecular weight is 204 g/mol. The molecular formula is C11H12N2O2. The van der Waals surface area contributed by atoms with Crippen LogP contribution in [0.15, 0.2) is 18.3 Å². The monoisotopic (exact) mass is 204 g/mol. The van der Waals surface area contributed by atoms with Crippen LogP contribution in [0.2, 0.25) is 0 Å². The summed E-state index contributed by atoms with van der Waals surface area (Å²) in [6.07, 6.45) is 2.78. The normalized spacial score (nSPS) is 20.1. The summed E-state index contributed by atoms with van der Waals surface area (Å²) >= 11 is 0. The maximum atomic E-state index is 8.67. The quantitative estimate of drug-likeness (QED) is 0.743. The SMILES string of the molecule is N#Cc1cc(COC2CCOC2)ccn1. The Balaban J connectivity index is 1.90. The van der Waals surface area contributed by atoms with Gasteiger partial charge in [0.05, 0.1) is 19.3 Å². The van der Waals surface area contributed by atoms with Gasteiger partial charge in [-0.2, -0.15) is 5.26 Å². The van der Waals surface area contributed by atoms with Gasteiger partial charge in [-0.3, -0.25) is 0 Å². The minimum absolute atomic E-state index is 0.198. The van der Waals surface area contributed by atoms with Gasteiger partial charge in [-0.1, -0.05) is 0 Å². The van der Waals surface area contributed by atoms with Crippen LogP contribution in [-0.2, 0) is 16.1 Å². The first-order chi connectivity index (χ1) is 7.38. The topological polar surface area (TPSA) is 55.1 Å². The lowest BCUT2D eigenvalue weighted by molar-refractivity contribution is 0.0317. The second-order valence-electron chi connectivity index (χ2n) is 3.46. The molecule has 15 heavy (non-hydrogen) atoms. The van der Waals surface area contributed by atoms with E-state index in [1.807, 2.05) is 12.1 Å². The van der Waals surface area contributed by atoms with E-state index in [-0.39, 0.29) is 6.10 Å². The van der Waals surface area contributed by atoms with Crippen LogP contribution < -0.4 is 0 Å². The van der Waals surface area contributed by atoms with E-state index < -0.39 is 0 Å². The minimum atomic E-state index is 0.198. The lowest BCUT2D eigenvalue weighted by atomic mass is 10.2. The number of pyridine rings is 1. The summed E-state index contributed by atoms with van der Waals surface area (Å²) in [4.78, 5) is 3.90. The smallest absolute Gasteiger partial charge is 0.140 e. The van der Waals surface area contributed by atoms with Crippen molar-refractivity contribution in [3.8, 4) is 6.07 Å². The molecule has 0 N–H and O–H groups in total. The maximum Gasteiger partial charge on any atom is 0.140 e. The molecule has 2 heterocycles. The van der Waals surface area contributed by atoms with Crippen LogP contribution in [0.1, 0.15) is 17.7 Å². The zero-order valence-electron chi connectivity index (χ0n) is 8.35. The van der Waals surface area contributed by atoms with Gasteiger partial charge in [-0.25, -0.2) is 4.98 Å². The third-order valence-electron chi connectivity index (χ3n) is 2.31. The summed E-state index contributed by atoms with van der Waals surface area (Å²) < 4.78 is 10.8. The first-order valence-corrected chi connectivity index (χ1v) is 4.93. The molecule has 0 aliphatic carbocycles. The van der Waals surface area contributed by atoms with E-state index in [2.05, 4.69) is 4.98 Å². The zero-order chi connectivity index (χ0) is 10.5. The Labute approximate surface area is 88.5 Å². The summed E-state index contributed by atoms with van der Waals surface area (Å²) in [6, 6.07) is 5.61. The van der Waals surface area contributed by atoms with E-state index in [9.17, 15) is 0 Å². The van der Waals surface area contributed by atoms with Crippen LogP contribution in [-0.4, -0.2) is 24.3 Å². The Hall–Kier alpha value is -1.44. The molecule has 2 rings (SSSR count). The van der Waals surface area contributed by atoms with Gasteiger partial charge in [-0.05, 0) is 24.1 Å². The third-order valence-corrected chi connectivity index (χ3v) is 2.31. The van der Waals surface area contributed by atoms with Crippen LogP contribution in [0, 0.1) is 11.3 Å². The summed E-state index contributed by atoms with van der Waals surface area (Å²) in [5, 5.41) is 8.67. The van der Waals surface area contributed by atoms with Gasteiger partial charge >= 0.3 is 0 Å². The molecule has 1 aliphatic rings. The van der Waals surface area contributed by atoms with Crippen molar-refractivity contribution in [2.75, 3.05) is 13.2 Å². The molecule has 1 fully saturated rings. The van der Waals surface area contributed by atoms with E-state index >= 15 is 0 Å².